The van der Waals surface area contributed by atoms with Gasteiger partial charge >= 0.3 is 0 Å². The molecule has 0 radical (unpaired) electrons. The molecule has 1 aliphatic carbocycles. The zero-order valence-corrected chi connectivity index (χ0v) is 13.9. The largest absolute Gasteiger partial charge is 0.334 e. The average molecular weight is 401 g/mol. The molecule has 4 nitrogen and oxygen atoms in total. The van der Waals surface area contributed by atoms with E-state index in [1.54, 1.807) is 6.07 Å². The Balaban J connectivity index is 1.92. The number of hydrogen-bond acceptors (Lipinski definition) is 4. The SMILES string of the molecule is CC1CCCC(N)(c2noc(-c3ccc(F)cc3I)n2)C1. The minimum Gasteiger partial charge on any atom is -0.334 e. The first kappa shape index (κ1) is 14.9. The molecule has 1 heterocycles. The van der Waals surface area contributed by atoms with Crippen LogP contribution in [0.4, 0.5) is 4.39 Å². The number of halogens is 2. The second-order valence-corrected chi connectivity index (χ2v) is 7.07. The van der Waals surface area contributed by atoms with Gasteiger partial charge in [0, 0.05) is 3.57 Å². The second-order valence-electron chi connectivity index (χ2n) is 5.90. The van der Waals surface area contributed by atoms with Gasteiger partial charge in [0.25, 0.3) is 5.89 Å². The highest BCUT2D eigenvalue weighted by atomic mass is 127. The van der Waals surface area contributed by atoms with Crippen LogP contribution in [-0.2, 0) is 5.54 Å². The van der Waals surface area contributed by atoms with Crippen molar-refractivity contribution in [3.05, 3.63) is 33.4 Å². The quantitative estimate of drug-likeness (QED) is 0.777. The van der Waals surface area contributed by atoms with Gasteiger partial charge in [0.2, 0.25) is 0 Å². The van der Waals surface area contributed by atoms with E-state index in [0.717, 1.165) is 28.4 Å². The molecule has 21 heavy (non-hydrogen) atoms. The van der Waals surface area contributed by atoms with Crippen LogP contribution in [0.15, 0.2) is 22.7 Å². The number of benzene rings is 1. The van der Waals surface area contributed by atoms with Crippen molar-refractivity contribution < 1.29 is 8.91 Å². The third-order valence-corrected chi connectivity index (χ3v) is 4.96. The molecule has 3 rings (SSSR count). The standard InChI is InChI=1S/C15H17FIN3O/c1-9-3-2-6-15(18,8-9)14-19-13(21-20-14)11-5-4-10(16)7-12(11)17/h4-5,7,9H,2-3,6,8,18H2,1H3. The maximum Gasteiger partial charge on any atom is 0.259 e. The van der Waals surface area contributed by atoms with Crippen LogP contribution in [0.1, 0.15) is 38.4 Å². The summed E-state index contributed by atoms with van der Waals surface area (Å²) in [5.41, 5.74) is 6.71. The van der Waals surface area contributed by atoms with Crippen LogP contribution in [0.2, 0.25) is 0 Å². The summed E-state index contributed by atoms with van der Waals surface area (Å²) in [7, 11) is 0. The molecule has 2 N–H and O–H groups in total. The summed E-state index contributed by atoms with van der Waals surface area (Å²) in [5, 5.41) is 4.08. The van der Waals surface area contributed by atoms with Gasteiger partial charge in [-0.1, -0.05) is 24.9 Å². The molecule has 0 bridgehead atoms. The highest BCUT2D eigenvalue weighted by Gasteiger charge is 2.37. The number of aromatic nitrogens is 2. The van der Waals surface area contributed by atoms with E-state index in [4.69, 9.17) is 10.3 Å². The fourth-order valence-electron chi connectivity index (χ4n) is 2.99. The number of hydrogen-bond donors (Lipinski definition) is 1. The zero-order valence-electron chi connectivity index (χ0n) is 11.8. The first-order chi connectivity index (χ1) is 9.98. The third kappa shape index (κ3) is 2.96. The Labute approximate surface area is 136 Å². The van der Waals surface area contributed by atoms with Crippen molar-refractivity contribution >= 4 is 22.6 Å². The van der Waals surface area contributed by atoms with Crippen molar-refractivity contribution in [3.63, 3.8) is 0 Å². The molecule has 1 saturated carbocycles. The van der Waals surface area contributed by atoms with Crippen molar-refractivity contribution in [2.24, 2.45) is 11.7 Å². The maximum absolute atomic E-state index is 13.2. The van der Waals surface area contributed by atoms with Gasteiger partial charge in [-0.3, -0.25) is 0 Å². The Morgan fingerprint density at radius 3 is 3.00 bits per heavy atom. The van der Waals surface area contributed by atoms with Crippen LogP contribution in [0.5, 0.6) is 0 Å². The monoisotopic (exact) mass is 401 g/mol. The molecule has 1 fully saturated rings. The summed E-state index contributed by atoms with van der Waals surface area (Å²) < 4.78 is 19.3. The van der Waals surface area contributed by atoms with Crippen molar-refractivity contribution in [2.75, 3.05) is 0 Å². The molecule has 112 valence electrons. The molecule has 2 atom stereocenters. The summed E-state index contributed by atoms with van der Waals surface area (Å²) in [6, 6.07) is 4.49. The topological polar surface area (TPSA) is 64.9 Å². The molecule has 2 aromatic rings. The van der Waals surface area contributed by atoms with Gasteiger partial charge in [0.05, 0.1) is 11.1 Å². The summed E-state index contributed by atoms with van der Waals surface area (Å²) in [4.78, 5) is 4.47. The fraction of sp³-hybridized carbons (Fsp3) is 0.467. The summed E-state index contributed by atoms with van der Waals surface area (Å²) in [6.45, 7) is 2.20. The Hall–Kier alpha value is -1.02. The van der Waals surface area contributed by atoms with Gasteiger partial charge in [-0.05, 0) is 59.5 Å². The van der Waals surface area contributed by atoms with Gasteiger partial charge in [-0.25, -0.2) is 4.39 Å². The van der Waals surface area contributed by atoms with E-state index in [1.165, 1.54) is 18.6 Å². The predicted octanol–water partition coefficient (Wildman–Crippen LogP) is 3.84. The van der Waals surface area contributed by atoms with Crippen molar-refractivity contribution in [1.82, 2.24) is 10.1 Å². The highest BCUT2D eigenvalue weighted by Crippen LogP contribution is 2.37. The van der Waals surface area contributed by atoms with Gasteiger partial charge in [-0.15, -0.1) is 0 Å². The van der Waals surface area contributed by atoms with Gasteiger partial charge < -0.3 is 10.3 Å². The Morgan fingerprint density at radius 2 is 2.29 bits per heavy atom. The lowest BCUT2D eigenvalue weighted by molar-refractivity contribution is 0.222. The highest BCUT2D eigenvalue weighted by molar-refractivity contribution is 14.1. The van der Waals surface area contributed by atoms with Crippen LogP contribution in [-0.4, -0.2) is 10.1 Å². The molecular weight excluding hydrogens is 384 g/mol. The van der Waals surface area contributed by atoms with E-state index in [2.05, 4.69) is 39.7 Å². The molecule has 2 unspecified atom stereocenters. The van der Waals surface area contributed by atoms with Crippen molar-refractivity contribution in [3.8, 4) is 11.5 Å². The maximum atomic E-state index is 13.2. The first-order valence-electron chi connectivity index (χ1n) is 7.06. The summed E-state index contributed by atoms with van der Waals surface area (Å²) >= 11 is 2.06. The molecule has 6 heteroatoms. The van der Waals surface area contributed by atoms with E-state index in [1.807, 2.05) is 0 Å². The number of nitrogens with two attached hydrogens (primary N) is 1. The lowest BCUT2D eigenvalue weighted by atomic mass is 9.76. The number of rotatable bonds is 2. The Bertz CT molecular complexity index is 660. The Morgan fingerprint density at radius 1 is 1.48 bits per heavy atom. The molecule has 0 aliphatic heterocycles. The smallest absolute Gasteiger partial charge is 0.259 e. The van der Waals surface area contributed by atoms with E-state index < -0.39 is 5.54 Å². The molecule has 1 aromatic carbocycles. The van der Waals surface area contributed by atoms with Crippen LogP contribution in [0, 0.1) is 15.3 Å². The molecule has 1 aliphatic rings. The van der Waals surface area contributed by atoms with Gasteiger partial charge in [0.15, 0.2) is 5.82 Å². The third-order valence-electron chi connectivity index (χ3n) is 4.07. The minimum atomic E-state index is -0.509. The van der Waals surface area contributed by atoms with E-state index in [0.29, 0.717) is 17.6 Å². The molecule has 1 aromatic heterocycles. The zero-order chi connectivity index (χ0) is 15.0. The molecular formula is C15H17FIN3O. The fourth-order valence-corrected chi connectivity index (χ4v) is 3.70. The molecule has 0 saturated heterocycles. The van der Waals surface area contributed by atoms with Gasteiger partial charge in [-0.2, -0.15) is 4.98 Å². The average Bonchev–Trinajstić information content (AvgIpc) is 2.88. The van der Waals surface area contributed by atoms with E-state index in [-0.39, 0.29) is 5.82 Å². The predicted molar refractivity (Wildman–Crippen MR) is 85.9 cm³/mol. The van der Waals surface area contributed by atoms with Crippen LogP contribution >= 0.6 is 22.6 Å². The lowest BCUT2D eigenvalue weighted by Crippen LogP contribution is -2.42. The van der Waals surface area contributed by atoms with Gasteiger partial charge in [0.1, 0.15) is 5.82 Å². The van der Waals surface area contributed by atoms with E-state index in [9.17, 15) is 4.39 Å². The van der Waals surface area contributed by atoms with Crippen molar-refractivity contribution in [2.45, 2.75) is 38.1 Å². The lowest BCUT2D eigenvalue weighted by Gasteiger charge is -2.33. The second kappa shape index (κ2) is 5.64. The number of nitrogens with zero attached hydrogens (tertiary/aromatic N) is 2. The normalized spacial score (nSPS) is 26.0. The van der Waals surface area contributed by atoms with Crippen molar-refractivity contribution in [1.29, 1.82) is 0 Å². The van der Waals surface area contributed by atoms with Crippen LogP contribution in [0.3, 0.4) is 0 Å². The first-order valence-corrected chi connectivity index (χ1v) is 8.14. The van der Waals surface area contributed by atoms with Crippen LogP contribution < -0.4 is 5.73 Å². The summed E-state index contributed by atoms with van der Waals surface area (Å²) in [5.74, 6) is 1.25. The minimum absolute atomic E-state index is 0.278. The summed E-state index contributed by atoms with van der Waals surface area (Å²) in [6.07, 6.45) is 4.01. The molecule has 0 spiro atoms. The van der Waals surface area contributed by atoms with Crippen LogP contribution in [0.25, 0.3) is 11.5 Å². The van der Waals surface area contributed by atoms with E-state index >= 15 is 0 Å². The Kier molecular flexibility index (Phi) is 4.00. The molecule has 0 amide bonds.